The summed E-state index contributed by atoms with van der Waals surface area (Å²) in [5.74, 6) is -0.532. The van der Waals surface area contributed by atoms with E-state index < -0.39 is 5.97 Å². The first-order valence-corrected chi connectivity index (χ1v) is 8.00. The summed E-state index contributed by atoms with van der Waals surface area (Å²) in [4.78, 5) is 24.8. The molecular weight excluding hydrogens is 298 g/mol. The monoisotopic (exact) mass is 319 g/mol. The minimum Gasteiger partial charge on any atom is -0.491 e. The number of carbonyl (C=O) groups excluding carboxylic acids is 1. The first kappa shape index (κ1) is 15.8. The van der Waals surface area contributed by atoms with Gasteiger partial charge in [0.1, 0.15) is 18.9 Å². The van der Waals surface area contributed by atoms with Crippen molar-refractivity contribution in [2.24, 2.45) is 0 Å². The Bertz CT molecular complexity index is 561. The molecule has 1 saturated carbocycles. The molecule has 124 valence electrons. The highest BCUT2D eigenvalue weighted by Gasteiger charge is 2.34. The molecule has 1 saturated heterocycles. The number of hydrogen-bond donors (Lipinski definition) is 1. The number of nitrogens with zero attached hydrogens (tertiary/aromatic N) is 1. The van der Waals surface area contributed by atoms with Gasteiger partial charge in [0.15, 0.2) is 0 Å². The highest BCUT2D eigenvalue weighted by Crippen LogP contribution is 2.28. The van der Waals surface area contributed by atoms with Gasteiger partial charge in [-0.05, 0) is 49.9 Å². The molecule has 1 unspecified atom stereocenters. The third-order valence-corrected chi connectivity index (χ3v) is 4.12. The molecule has 1 heterocycles. The largest absolute Gasteiger partial charge is 0.491 e. The van der Waals surface area contributed by atoms with Crippen molar-refractivity contribution in [1.29, 1.82) is 0 Å². The second-order valence-electron chi connectivity index (χ2n) is 6.03. The average Bonchev–Trinajstić information content (AvgIpc) is 3.26. The quantitative estimate of drug-likeness (QED) is 0.831. The lowest BCUT2D eigenvalue weighted by molar-refractivity contribution is -0.137. The first-order valence-electron chi connectivity index (χ1n) is 8.00. The van der Waals surface area contributed by atoms with Crippen molar-refractivity contribution in [3.63, 3.8) is 0 Å². The van der Waals surface area contributed by atoms with E-state index in [1.807, 2.05) is 0 Å². The standard InChI is InChI=1S/C17H21NO5/c19-16(20)10-18(13-5-6-13)17(21)12-3-7-14(8-4-12)23-11-15-2-1-9-22-15/h3-4,7-8,13,15H,1-2,5-6,9-11H2,(H,19,20). The van der Waals surface area contributed by atoms with E-state index in [0.717, 1.165) is 32.3 Å². The lowest BCUT2D eigenvalue weighted by Crippen LogP contribution is -2.37. The lowest BCUT2D eigenvalue weighted by Gasteiger charge is -2.20. The summed E-state index contributed by atoms with van der Waals surface area (Å²) in [5.41, 5.74) is 0.489. The second kappa shape index (κ2) is 7.00. The van der Waals surface area contributed by atoms with Gasteiger partial charge in [-0.1, -0.05) is 0 Å². The number of carboxylic acids is 1. The topological polar surface area (TPSA) is 76.1 Å². The zero-order valence-corrected chi connectivity index (χ0v) is 12.9. The van der Waals surface area contributed by atoms with Crippen molar-refractivity contribution in [1.82, 2.24) is 4.90 Å². The van der Waals surface area contributed by atoms with Crippen molar-refractivity contribution in [3.05, 3.63) is 29.8 Å². The van der Waals surface area contributed by atoms with Crippen LogP contribution in [-0.4, -0.2) is 53.8 Å². The highest BCUT2D eigenvalue weighted by atomic mass is 16.5. The van der Waals surface area contributed by atoms with Crippen LogP contribution in [0.4, 0.5) is 0 Å². The van der Waals surface area contributed by atoms with Gasteiger partial charge in [0.25, 0.3) is 5.91 Å². The summed E-state index contributed by atoms with van der Waals surface area (Å²) in [6.45, 7) is 1.06. The molecule has 1 aliphatic heterocycles. The Morgan fingerprint density at radius 1 is 1.22 bits per heavy atom. The van der Waals surface area contributed by atoms with Crippen molar-refractivity contribution in [2.45, 2.75) is 37.8 Å². The molecule has 0 spiro atoms. The van der Waals surface area contributed by atoms with Gasteiger partial charge in [-0.3, -0.25) is 9.59 Å². The summed E-state index contributed by atoms with van der Waals surface area (Å²) < 4.78 is 11.2. The normalized spacial score (nSPS) is 20.3. The number of hydrogen-bond acceptors (Lipinski definition) is 4. The molecule has 2 aliphatic rings. The summed E-state index contributed by atoms with van der Waals surface area (Å²) >= 11 is 0. The molecule has 3 rings (SSSR count). The Morgan fingerprint density at radius 2 is 1.96 bits per heavy atom. The molecule has 23 heavy (non-hydrogen) atoms. The van der Waals surface area contributed by atoms with Crippen molar-refractivity contribution in [3.8, 4) is 5.75 Å². The van der Waals surface area contributed by atoms with Gasteiger partial charge < -0.3 is 19.5 Å². The highest BCUT2D eigenvalue weighted by molar-refractivity contribution is 5.96. The number of carboxylic acid groups (broad SMARTS) is 1. The second-order valence-corrected chi connectivity index (χ2v) is 6.03. The van der Waals surface area contributed by atoms with E-state index in [0.29, 0.717) is 17.9 Å². The summed E-state index contributed by atoms with van der Waals surface area (Å²) in [7, 11) is 0. The zero-order chi connectivity index (χ0) is 16.2. The molecule has 0 aromatic heterocycles. The number of aliphatic carboxylic acids is 1. The molecular formula is C17H21NO5. The third-order valence-electron chi connectivity index (χ3n) is 4.12. The van der Waals surface area contributed by atoms with Crippen molar-refractivity contribution >= 4 is 11.9 Å². The number of amides is 1. The molecule has 6 heteroatoms. The summed E-state index contributed by atoms with van der Waals surface area (Å²) in [6.07, 6.45) is 3.99. The molecule has 0 radical (unpaired) electrons. The van der Waals surface area contributed by atoms with Gasteiger partial charge in [0.2, 0.25) is 0 Å². The fourth-order valence-corrected chi connectivity index (χ4v) is 2.72. The number of benzene rings is 1. The van der Waals surface area contributed by atoms with Gasteiger partial charge in [-0.2, -0.15) is 0 Å². The smallest absolute Gasteiger partial charge is 0.323 e. The molecule has 1 aromatic rings. The van der Waals surface area contributed by atoms with E-state index in [9.17, 15) is 9.59 Å². The summed E-state index contributed by atoms with van der Waals surface area (Å²) in [5, 5.41) is 8.95. The van der Waals surface area contributed by atoms with Gasteiger partial charge in [-0.15, -0.1) is 0 Å². The van der Waals surface area contributed by atoms with Crippen LogP contribution < -0.4 is 4.74 Å². The van der Waals surface area contributed by atoms with Crippen LogP contribution in [-0.2, 0) is 9.53 Å². The Kier molecular flexibility index (Phi) is 4.81. The molecule has 2 fully saturated rings. The van der Waals surface area contributed by atoms with E-state index in [1.54, 1.807) is 24.3 Å². The van der Waals surface area contributed by atoms with Gasteiger partial charge in [0, 0.05) is 18.2 Å². The Hall–Kier alpha value is -2.08. The molecule has 1 aliphatic carbocycles. The van der Waals surface area contributed by atoms with Crippen LogP contribution in [0.5, 0.6) is 5.75 Å². The number of ether oxygens (including phenoxy) is 2. The Balaban J connectivity index is 1.58. The van der Waals surface area contributed by atoms with Crippen LogP contribution in [0.15, 0.2) is 24.3 Å². The molecule has 1 aromatic carbocycles. The molecule has 1 N–H and O–H groups in total. The summed E-state index contributed by atoms with van der Waals surface area (Å²) in [6, 6.07) is 6.92. The maximum absolute atomic E-state index is 12.4. The first-order chi connectivity index (χ1) is 11.1. The fourth-order valence-electron chi connectivity index (χ4n) is 2.72. The predicted molar refractivity (Wildman–Crippen MR) is 82.6 cm³/mol. The number of carbonyl (C=O) groups is 2. The van der Waals surface area contributed by atoms with Gasteiger partial charge in [-0.25, -0.2) is 0 Å². The zero-order valence-electron chi connectivity index (χ0n) is 12.9. The van der Waals surface area contributed by atoms with Crippen molar-refractivity contribution < 1.29 is 24.2 Å². The van der Waals surface area contributed by atoms with E-state index >= 15 is 0 Å². The SMILES string of the molecule is O=C(O)CN(C(=O)c1ccc(OCC2CCCO2)cc1)C1CC1. The van der Waals surface area contributed by atoms with E-state index in [2.05, 4.69) is 0 Å². The molecule has 0 bridgehead atoms. The molecule has 1 atom stereocenters. The van der Waals surface area contributed by atoms with Crippen LogP contribution in [0, 0.1) is 0 Å². The van der Waals surface area contributed by atoms with E-state index in [-0.39, 0.29) is 24.6 Å². The van der Waals surface area contributed by atoms with E-state index in [1.165, 1.54) is 4.90 Å². The maximum Gasteiger partial charge on any atom is 0.323 e. The minimum atomic E-state index is -0.984. The lowest BCUT2D eigenvalue weighted by atomic mass is 10.2. The van der Waals surface area contributed by atoms with Gasteiger partial charge in [0.05, 0.1) is 6.10 Å². The van der Waals surface area contributed by atoms with Crippen LogP contribution in [0.1, 0.15) is 36.0 Å². The third kappa shape index (κ3) is 4.22. The van der Waals surface area contributed by atoms with E-state index in [4.69, 9.17) is 14.6 Å². The van der Waals surface area contributed by atoms with Crippen LogP contribution in [0.2, 0.25) is 0 Å². The van der Waals surface area contributed by atoms with Crippen LogP contribution in [0.3, 0.4) is 0 Å². The maximum atomic E-state index is 12.4. The van der Waals surface area contributed by atoms with Crippen LogP contribution in [0.25, 0.3) is 0 Å². The Labute approximate surface area is 135 Å². The number of rotatable bonds is 7. The van der Waals surface area contributed by atoms with Gasteiger partial charge >= 0.3 is 5.97 Å². The molecule has 1 amide bonds. The Morgan fingerprint density at radius 3 is 2.52 bits per heavy atom. The predicted octanol–water partition coefficient (Wildman–Crippen LogP) is 1.93. The fraction of sp³-hybridized carbons (Fsp3) is 0.529. The minimum absolute atomic E-state index is 0.0639. The van der Waals surface area contributed by atoms with Crippen LogP contribution >= 0.6 is 0 Å². The molecule has 6 nitrogen and oxygen atoms in total. The average molecular weight is 319 g/mol. The van der Waals surface area contributed by atoms with Crippen molar-refractivity contribution in [2.75, 3.05) is 19.8 Å².